The first-order valence-corrected chi connectivity index (χ1v) is 14.6. The molecule has 1 heterocycles. The number of halogens is 2. The molecule has 0 bridgehead atoms. The number of aliphatic hydroxyl groups is 1. The first-order valence-electron chi connectivity index (χ1n) is 12.5. The number of ether oxygens (including phenoxy) is 5. The van der Waals surface area contributed by atoms with Gasteiger partial charge in [-0.25, -0.2) is 14.4 Å². The molecule has 2 aromatic rings. The third-order valence-electron chi connectivity index (χ3n) is 5.69. The van der Waals surface area contributed by atoms with Gasteiger partial charge in [-0.2, -0.15) is 5.10 Å². The molecule has 2 aromatic carbocycles. The van der Waals surface area contributed by atoms with Gasteiger partial charge in [-0.1, -0.05) is 6.07 Å². The van der Waals surface area contributed by atoms with Crippen LogP contribution in [0.25, 0.3) is 0 Å². The highest BCUT2D eigenvalue weighted by Gasteiger charge is 2.32. The molecule has 4 N–H and O–H groups in total. The van der Waals surface area contributed by atoms with E-state index in [0.29, 0.717) is 35.1 Å². The topological polar surface area (TPSA) is 166 Å². The van der Waals surface area contributed by atoms with E-state index in [2.05, 4.69) is 71.1 Å². The maximum absolute atomic E-state index is 12.4. The number of nitrogens with one attached hydrogen (secondary N) is 3. The summed E-state index contributed by atoms with van der Waals surface area (Å²) < 4.78 is 28.1. The molecule has 0 fully saturated rings. The van der Waals surface area contributed by atoms with Gasteiger partial charge in [0.1, 0.15) is 12.4 Å². The SMILES string of the molecule is CCOc1cc([C@@H]2NC(=O)NC(C)=C2C(=O)OC)ccc1OC[C@@H](O)N/N=C\c1cc(I)c(OCC(=O)OC)c(I)c1. The Morgan fingerprint density at radius 2 is 1.81 bits per heavy atom. The summed E-state index contributed by atoms with van der Waals surface area (Å²) in [7, 11) is 2.56. The number of benzene rings is 2. The van der Waals surface area contributed by atoms with E-state index < -0.39 is 30.2 Å². The predicted molar refractivity (Wildman–Crippen MR) is 168 cm³/mol. The number of carbonyl (C=O) groups is 3. The van der Waals surface area contributed by atoms with Crippen LogP contribution in [-0.2, 0) is 19.1 Å². The number of rotatable bonds is 13. The van der Waals surface area contributed by atoms with E-state index in [-0.39, 0.29) is 18.8 Å². The molecule has 0 radical (unpaired) electrons. The summed E-state index contributed by atoms with van der Waals surface area (Å²) in [6.45, 7) is 3.39. The van der Waals surface area contributed by atoms with Crippen LogP contribution in [0.3, 0.4) is 0 Å². The van der Waals surface area contributed by atoms with Crippen LogP contribution in [0.2, 0.25) is 0 Å². The summed E-state index contributed by atoms with van der Waals surface area (Å²) in [4.78, 5) is 35.9. The van der Waals surface area contributed by atoms with Gasteiger partial charge in [0.15, 0.2) is 24.3 Å². The van der Waals surface area contributed by atoms with Crippen LogP contribution in [0, 0.1) is 7.14 Å². The zero-order valence-corrected chi connectivity index (χ0v) is 27.5. The molecule has 0 unspecified atom stereocenters. The van der Waals surface area contributed by atoms with Crippen molar-refractivity contribution in [2.24, 2.45) is 5.10 Å². The third-order valence-corrected chi connectivity index (χ3v) is 7.29. The predicted octanol–water partition coefficient (Wildman–Crippen LogP) is 2.97. The number of esters is 2. The Morgan fingerprint density at radius 3 is 2.45 bits per heavy atom. The lowest BCUT2D eigenvalue weighted by atomic mass is 9.95. The fraction of sp³-hybridized carbons (Fsp3) is 0.333. The van der Waals surface area contributed by atoms with E-state index in [9.17, 15) is 19.5 Å². The third kappa shape index (κ3) is 8.84. The van der Waals surface area contributed by atoms with Crippen molar-refractivity contribution in [1.29, 1.82) is 0 Å². The minimum Gasteiger partial charge on any atom is -0.490 e. The van der Waals surface area contributed by atoms with Gasteiger partial charge in [0.2, 0.25) is 0 Å². The number of nitrogens with zero attached hydrogens (tertiary/aromatic N) is 1. The molecule has 42 heavy (non-hydrogen) atoms. The fourth-order valence-corrected chi connectivity index (χ4v) is 5.93. The van der Waals surface area contributed by atoms with Gasteiger partial charge >= 0.3 is 18.0 Å². The number of carbonyl (C=O) groups excluding carboxylic acids is 3. The largest absolute Gasteiger partial charge is 0.490 e. The first-order chi connectivity index (χ1) is 20.1. The quantitative estimate of drug-likeness (QED) is 0.0778. The normalized spacial score (nSPS) is 15.4. The highest BCUT2D eigenvalue weighted by Crippen LogP contribution is 2.35. The smallest absolute Gasteiger partial charge is 0.343 e. The molecule has 0 spiro atoms. The van der Waals surface area contributed by atoms with Crippen molar-refractivity contribution in [3.63, 3.8) is 0 Å². The van der Waals surface area contributed by atoms with Crippen molar-refractivity contribution in [2.75, 3.05) is 34.0 Å². The number of amides is 2. The lowest BCUT2D eigenvalue weighted by Crippen LogP contribution is -2.45. The summed E-state index contributed by atoms with van der Waals surface area (Å²) in [6, 6.07) is 7.38. The lowest BCUT2D eigenvalue weighted by Gasteiger charge is -2.28. The number of hydrogen-bond acceptors (Lipinski definition) is 11. The highest BCUT2D eigenvalue weighted by atomic mass is 127. The molecule has 2 atom stereocenters. The van der Waals surface area contributed by atoms with Crippen molar-refractivity contribution >= 4 is 69.4 Å². The standard InChI is InChI=1S/C27H30I2N4O9/c1-5-40-20-10-16(24-23(26(36)39-4)14(2)31-27(37)32-24)6-7-19(20)41-12-21(34)33-30-11-15-8-17(28)25(18(29)9-15)42-13-22(35)38-3/h6-11,21,24,33-34H,5,12-13H2,1-4H3,(H2,31,32,37)/b30-11-/t21-,24+/m1/s1. The number of hydrazone groups is 1. The molecule has 2 amide bonds. The molecule has 15 heteroatoms. The summed E-state index contributed by atoms with van der Waals surface area (Å²) in [5.74, 6) is 0.209. The van der Waals surface area contributed by atoms with Gasteiger partial charge in [0, 0.05) is 5.70 Å². The van der Waals surface area contributed by atoms with Gasteiger partial charge in [-0.3, -0.25) is 5.43 Å². The van der Waals surface area contributed by atoms with Crippen molar-refractivity contribution in [3.8, 4) is 17.2 Å². The molecule has 0 aliphatic carbocycles. The van der Waals surface area contributed by atoms with Crippen LogP contribution in [0.4, 0.5) is 4.79 Å². The average Bonchev–Trinajstić information content (AvgIpc) is 2.95. The van der Waals surface area contributed by atoms with Crippen LogP contribution >= 0.6 is 45.2 Å². The molecule has 0 saturated carbocycles. The van der Waals surface area contributed by atoms with Crippen LogP contribution < -0.4 is 30.3 Å². The molecule has 0 aromatic heterocycles. The fourth-order valence-electron chi connectivity index (χ4n) is 3.80. The van der Waals surface area contributed by atoms with Crippen molar-refractivity contribution in [1.82, 2.24) is 16.1 Å². The Balaban J connectivity index is 1.65. The summed E-state index contributed by atoms with van der Waals surface area (Å²) in [6.07, 6.45) is 0.371. The van der Waals surface area contributed by atoms with Crippen LogP contribution in [0.5, 0.6) is 17.2 Å². The Bertz CT molecular complexity index is 1360. The lowest BCUT2D eigenvalue weighted by molar-refractivity contribution is -0.143. The highest BCUT2D eigenvalue weighted by molar-refractivity contribution is 14.1. The van der Waals surface area contributed by atoms with E-state index in [1.165, 1.54) is 20.4 Å². The first kappa shape index (κ1) is 33.2. The Kier molecular flexibility index (Phi) is 12.5. The second kappa shape index (κ2) is 15.8. The molecule has 226 valence electrons. The van der Waals surface area contributed by atoms with Crippen molar-refractivity contribution in [3.05, 3.63) is 59.9 Å². The molecular weight excluding hydrogens is 778 g/mol. The van der Waals surface area contributed by atoms with Crippen molar-refractivity contribution < 1.29 is 43.2 Å². The maximum Gasteiger partial charge on any atom is 0.343 e. The van der Waals surface area contributed by atoms with Gasteiger partial charge in [-0.15, -0.1) is 0 Å². The molecule has 0 saturated heterocycles. The molecule has 1 aliphatic heterocycles. The molecular formula is C27H30I2N4O9. The number of urea groups is 1. The molecule has 13 nitrogen and oxygen atoms in total. The van der Waals surface area contributed by atoms with Crippen LogP contribution in [0.1, 0.15) is 31.0 Å². The van der Waals surface area contributed by atoms with Crippen molar-refractivity contribution in [2.45, 2.75) is 26.1 Å². The molecule has 1 aliphatic rings. The van der Waals surface area contributed by atoms with Crippen LogP contribution in [0.15, 0.2) is 46.7 Å². The van der Waals surface area contributed by atoms with Gasteiger partial charge < -0.3 is 39.4 Å². The minimum absolute atomic E-state index is 0.164. The zero-order chi connectivity index (χ0) is 30.8. The van der Waals surface area contributed by atoms with E-state index >= 15 is 0 Å². The van der Waals surface area contributed by atoms with Crippen LogP contribution in [-0.4, -0.2) is 69.6 Å². The number of aliphatic hydroxyl groups excluding tert-OH is 1. The zero-order valence-electron chi connectivity index (χ0n) is 23.2. The summed E-state index contributed by atoms with van der Waals surface area (Å²) >= 11 is 4.19. The summed E-state index contributed by atoms with van der Waals surface area (Å²) in [5.41, 5.74) is 4.57. The second-order valence-electron chi connectivity index (χ2n) is 8.59. The monoisotopic (exact) mass is 808 g/mol. The number of allylic oxidation sites excluding steroid dienone is 1. The summed E-state index contributed by atoms with van der Waals surface area (Å²) in [5, 5.41) is 19.8. The minimum atomic E-state index is -1.16. The molecule has 3 rings (SSSR count). The average molecular weight is 808 g/mol. The maximum atomic E-state index is 12.4. The van der Waals surface area contributed by atoms with Gasteiger partial charge in [-0.05, 0) is 94.4 Å². The van der Waals surface area contributed by atoms with Gasteiger partial charge in [0.25, 0.3) is 0 Å². The Labute approximate surface area is 269 Å². The van der Waals surface area contributed by atoms with E-state index in [1.807, 2.05) is 12.1 Å². The van der Waals surface area contributed by atoms with E-state index in [4.69, 9.17) is 18.9 Å². The van der Waals surface area contributed by atoms with E-state index in [1.54, 1.807) is 32.0 Å². The Morgan fingerprint density at radius 1 is 1.10 bits per heavy atom. The number of hydrogen-bond donors (Lipinski definition) is 4. The number of methoxy groups -OCH3 is 2. The second-order valence-corrected chi connectivity index (χ2v) is 10.9. The van der Waals surface area contributed by atoms with Gasteiger partial charge in [0.05, 0.1) is 45.8 Å². The Hall–Kier alpha value is -3.32. The van der Waals surface area contributed by atoms with E-state index in [0.717, 1.165) is 12.7 Å².